The van der Waals surface area contributed by atoms with Gasteiger partial charge in [0.15, 0.2) is 0 Å². The average molecular weight is 257 g/mol. The maximum absolute atomic E-state index is 12.0. The largest absolute Gasteiger partial charge is 0.370 e. The van der Waals surface area contributed by atoms with Gasteiger partial charge in [-0.15, -0.1) is 0 Å². The molecule has 1 rings (SSSR count). The van der Waals surface area contributed by atoms with Gasteiger partial charge in [0.2, 0.25) is 5.91 Å². The van der Waals surface area contributed by atoms with Gasteiger partial charge in [-0.3, -0.25) is 9.69 Å². The second-order valence-corrected chi connectivity index (χ2v) is 5.82. The summed E-state index contributed by atoms with van der Waals surface area (Å²) in [6, 6.07) is 0. The Bertz CT molecular complexity index is 281. The van der Waals surface area contributed by atoms with Crippen molar-refractivity contribution in [1.29, 1.82) is 0 Å². The predicted molar refractivity (Wildman–Crippen MR) is 72.4 cm³/mol. The summed E-state index contributed by atoms with van der Waals surface area (Å²) in [6.07, 6.45) is 1.03. The number of nitrogens with zero attached hydrogens (tertiary/aromatic N) is 2. The number of likely N-dealkylation sites (N-methyl/N-ethyl adjacent to an activating group) is 1. The second kappa shape index (κ2) is 6.50. The molecule has 5 nitrogen and oxygen atoms in total. The normalized spacial score (nSPS) is 23.9. The van der Waals surface area contributed by atoms with Crippen molar-refractivity contribution in [3.8, 4) is 0 Å². The van der Waals surface area contributed by atoms with Crippen LogP contribution in [0.5, 0.6) is 0 Å². The molecule has 0 spiro atoms. The van der Waals surface area contributed by atoms with Crippen LogP contribution < -0.4 is 5.73 Å². The summed E-state index contributed by atoms with van der Waals surface area (Å²) in [5, 5.41) is 0. The molecule has 18 heavy (non-hydrogen) atoms. The van der Waals surface area contributed by atoms with Crippen LogP contribution in [0.1, 0.15) is 27.2 Å². The number of carbonyl (C=O) groups excluding carboxylic acids is 1. The molecule has 0 aromatic rings. The molecule has 5 heteroatoms. The van der Waals surface area contributed by atoms with Crippen LogP contribution in [0.15, 0.2) is 0 Å². The number of nitrogens with two attached hydrogens (primary N) is 1. The Kier molecular flexibility index (Phi) is 5.56. The summed E-state index contributed by atoms with van der Waals surface area (Å²) in [5.41, 5.74) is 5.28. The van der Waals surface area contributed by atoms with Crippen molar-refractivity contribution in [1.82, 2.24) is 9.80 Å². The molecular formula is C13H27N3O2. The Hall–Kier alpha value is -0.650. The van der Waals surface area contributed by atoms with Gasteiger partial charge < -0.3 is 15.4 Å². The van der Waals surface area contributed by atoms with E-state index in [0.717, 1.165) is 26.1 Å². The van der Waals surface area contributed by atoms with Gasteiger partial charge in [-0.2, -0.15) is 0 Å². The fourth-order valence-electron chi connectivity index (χ4n) is 2.47. The van der Waals surface area contributed by atoms with Crippen molar-refractivity contribution in [3.05, 3.63) is 0 Å². The fraction of sp³-hybridized carbons (Fsp3) is 0.923. The van der Waals surface area contributed by atoms with E-state index in [4.69, 9.17) is 10.5 Å². The first-order chi connectivity index (χ1) is 8.34. The van der Waals surface area contributed by atoms with Crippen molar-refractivity contribution in [2.24, 2.45) is 5.73 Å². The Morgan fingerprint density at radius 3 is 2.78 bits per heavy atom. The zero-order valence-electron chi connectivity index (χ0n) is 12.1. The number of amides is 1. The lowest BCUT2D eigenvalue weighted by Gasteiger charge is -2.41. The number of ether oxygens (including phenoxy) is 1. The van der Waals surface area contributed by atoms with E-state index in [2.05, 4.69) is 25.7 Å². The summed E-state index contributed by atoms with van der Waals surface area (Å²) in [4.78, 5) is 16.0. The molecule has 1 aliphatic rings. The topological polar surface area (TPSA) is 58.8 Å². The third kappa shape index (κ3) is 4.92. The molecule has 1 aliphatic heterocycles. The van der Waals surface area contributed by atoms with E-state index in [-0.39, 0.29) is 17.6 Å². The maximum Gasteiger partial charge on any atom is 0.236 e. The molecule has 1 unspecified atom stereocenters. The van der Waals surface area contributed by atoms with Gasteiger partial charge in [0.25, 0.3) is 0 Å². The summed E-state index contributed by atoms with van der Waals surface area (Å²) >= 11 is 0. The van der Waals surface area contributed by atoms with Crippen molar-refractivity contribution < 1.29 is 9.53 Å². The summed E-state index contributed by atoms with van der Waals surface area (Å²) in [7, 11) is 1.84. The molecule has 0 saturated carbocycles. The third-order valence-electron chi connectivity index (χ3n) is 3.12. The zero-order valence-corrected chi connectivity index (χ0v) is 12.1. The summed E-state index contributed by atoms with van der Waals surface area (Å²) in [6.45, 7) is 9.64. The van der Waals surface area contributed by atoms with E-state index in [1.165, 1.54) is 0 Å². The van der Waals surface area contributed by atoms with Gasteiger partial charge in [-0.05, 0) is 33.7 Å². The molecule has 0 radical (unpaired) electrons. The highest BCUT2D eigenvalue weighted by Crippen LogP contribution is 2.20. The van der Waals surface area contributed by atoms with E-state index in [1.54, 1.807) is 4.90 Å². The standard InChI is InChI=1S/C13H27N3O2/c1-11-8-16(10-13(2,3)18-11)9-12(17)15(4)7-5-6-14/h11H,5-10,14H2,1-4H3. The predicted octanol–water partition coefficient (Wildman–Crippen LogP) is 0.293. The van der Waals surface area contributed by atoms with Crippen LogP contribution in [-0.2, 0) is 9.53 Å². The minimum Gasteiger partial charge on any atom is -0.370 e. The number of hydrogen-bond acceptors (Lipinski definition) is 4. The fourth-order valence-corrected chi connectivity index (χ4v) is 2.47. The molecule has 0 aromatic heterocycles. The number of morpholine rings is 1. The first-order valence-corrected chi connectivity index (χ1v) is 6.68. The highest BCUT2D eigenvalue weighted by molar-refractivity contribution is 5.78. The SMILES string of the molecule is CC1CN(CC(=O)N(C)CCCN)CC(C)(C)O1. The van der Waals surface area contributed by atoms with Gasteiger partial charge in [0.05, 0.1) is 18.2 Å². The lowest BCUT2D eigenvalue weighted by Crippen LogP contribution is -2.54. The molecule has 1 heterocycles. The average Bonchev–Trinajstić information content (AvgIpc) is 2.22. The Morgan fingerprint density at radius 2 is 2.22 bits per heavy atom. The van der Waals surface area contributed by atoms with E-state index >= 15 is 0 Å². The zero-order chi connectivity index (χ0) is 13.8. The van der Waals surface area contributed by atoms with Crippen molar-refractivity contribution in [3.63, 3.8) is 0 Å². The van der Waals surface area contributed by atoms with Crippen molar-refractivity contribution in [2.45, 2.75) is 38.9 Å². The summed E-state index contributed by atoms with van der Waals surface area (Å²) < 4.78 is 5.83. The molecule has 0 aromatic carbocycles. The highest BCUT2D eigenvalue weighted by atomic mass is 16.5. The minimum absolute atomic E-state index is 0.161. The lowest BCUT2D eigenvalue weighted by atomic mass is 10.1. The van der Waals surface area contributed by atoms with Crippen LogP contribution in [-0.4, -0.2) is 67.2 Å². The lowest BCUT2D eigenvalue weighted by molar-refractivity contribution is -0.144. The van der Waals surface area contributed by atoms with Gasteiger partial charge in [-0.1, -0.05) is 0 Å². The van der Waals surface area contributed by atoms with Gasteiger partial charge in [-0.25, -0.2) is 0 Å². The van der Waals surface area contributed by atoms with E-state index in [1.807, 2.05) is 7.05 Å². The Balaban J connectivity index is 2.43. The van der Waals surface area contributed by atoms with Crippen LogP contribution in [0, 0.1) is 0 Å². The highest BCUT2D eigenvalue weighted by Gasteiger charge is 2.32. The van der Waals surface area contributed by atoms with Gasteiger partial charge in [0, 0.05) is 26.7 Å². The first kappa shape index (κ1) is 15.4. The number of hydrogen-bond donors (Lipinski definition) is 1. The van der Waals surface area contributed by atoms with Crippen molar-refractivity contribution in [2.75, 3.05) is 39.8 Å². The van der Waals surface area contributed by atoms with Crippen LogP contribution in [0.2, 0.25) is 0 Å². The van der Waals surface area contributed by atoms with Crippen LogP contribution in [0.4, 0.5) is 0 Å². The van der Waals surface area contributed by atoms with Crippen LogP contribution in [0.3, 0.4) is 0 Å². The maximum atomic E-state index is 12.0. The van der Waals surface area contributed by atoms with Crippen LogP contribution >= 0.6 is 0 Å². The third-order valence-corrected chi connectivity index (χ3v) is 3.12. The second-order valence-electron chi connectivity index (χ2n) is 5.82. The van der Waals surface area contributed by atoms with Gasteiger partial charge in [0.1, 0.15) is 0 Å². The molecule has 1 amide bonds. The number of carbonyl (C=O) groups is 1. The molecule has 0 bridgehead atoms. The number of rotatable bonds is 5. The molecule has 2 N–H and O–H groups in total. The molecule has 0 aliphatic carbocycles. The monoisotopic (exact) mass is 257 g/mol. The molecule has 1 atom stereocenters. The quantitative estimate of drug-likeness (QED) is 0.769. The van der Waals surface area contributed by atoms with Crippen molar-refractivity contribution >= 4 is 5.91 Å². The molecule has 1 fully saturated rings. The van der Waals surface area contributed by atoms with E-state index in [0.29, 0.717) is 13.1 Å². The Labute approximate surface area is 110 Å². The van der Waals surface area contributed by atoms with E-state index in [9.17, 15) is 4.79 Å². The molecule has 106 valence electrons. The smallest absolute Gasteiger partial charge is 0.236 e. The van der Waals surface area contributed by atoms with Crippen LogP contribution in [0.25, 0.3) is 0 Å². The van der Waals surface area contributed by atoms with E-state index < -0.39 is 0 Å². The minimum atomic E-state index is -0.173. The Morgan fingerprint density at radius 1 is 1.56 bits per heavy atom. The summed E-state index contributed by atoms with van der Waals surface area (Å²) in [5.74, 6) is 0.161. The molecule has 1 saturated heterocycles. The van der Waals surface area contributed by atoms with Gasteiger partial charge >= 0.3 is 0 Å². The molecular weight excluding hydrogens is 230 g/mol. The first-order valence-electron chi connectivity index (χ1n) is 6.68.